The molecule has 2 aromatic heterocycles. The minimum atomic E-state index is -4.21. The number of fused-ring (bicyclic) bond motifs is 1. The number of oxazole rings is 1. The molecule has 274 valence electrons. The number of aromatic nitrogens is 3. The summed E-state index contributed by atoms with van der Waals surface area (Å²) in [7, 11) is -1.20. The number of nitrogens with zero attached hydrogens (tertiary/aromatic N) is 4. The molecule has 1 unspecified atom stereocenters. The van der Waals surface area contributed by atoms with Crippen LogP contribution in [0.3, 0.4) is 0 Å². The standard InChI is InChI=1S/C23H27ClN2O4S.C14H21N3OSSi/c1-17(2)25(3)20-10-6-18(7-11-20)8-13-23-26(14-4-5-15-31(27,28)29)21-16-19(24)9-12-22(21)30-23;1-10(20(3,4)5)17(2)12-8-6-11(7-9-12)13-15-16-14(19)18-13/h6-13,16-17H,4-5,14-15H2,1-3H3;6-10H,1-5H3,(H,16,19). The van der Waals surface area contributed by atoms with E-state index in [1.54, 1.807) is 6.07 Å². The van der Waals surface area contributed by atoms with Crippen molar-refractivity contribution in [2.75, 3.05) is 29.6 Å². The summed E-state index contributed by atoms with van der Waals surface area (Å²) in [6.45, 7) is 14.3. The predicted octanol–water partition coefficient (Wildman–Crippen LogP) is 8.82. The third kappa shape index (κ3) is 11.4. The second-order valence-electron chi connectivity index (χ2n) is 13.9. The summed E-state index contributed by atoms with van der Waals surface area (Å²) in [5, 5.41) is 7.26. The maximum atomic E-state index is 10.9. The van der Waals surface area contributed by atoms with Crippen molar-refractivity contribution >= 4 is 76.6 Å². The number of aromatic amines is 1. The van der Waals surface area contributed by atoms with Crippen molar-refractivity contribution in [3.05, 3.63) is 88.0 Å². The van der Waals surface area contributed by atoms with Gasteiger partial charge in [0, 0.05) is 66.0 Å². The van der Waals surface area contributed by atoms with Crippen LogP contribution in [0.15, 0.2) is 75.6 Å². The maximum Gasteiger partial charge on any atom is 0.374 e. The summed E-state index contributed by atoms with van der Waals surface area (Å²) in [6.07, 6.45) is 4.68. The highest BCUT2D eigenvalue weighted by molar-refractivity contribution is 7.85. The highest BCUT2D eigenvalue weighted by Gasteiger charge is 2.26. The van der Waals surface area contributed by atoms with Gasteiger partial charge in [0.2, 0.25) is 11.5 Å². The quantitative estimate of drug-likeness (QED) is 0.0412. The lowest BCUT2D eigenvalue weighted by Gasteiger charge is -2.35. The zero-order valence-corrected chi connectivity index (χ0v) is 33.9. The Morgan fingerprint density at radius 1 is 0.941 bits per heavy atom. The van der Waals surface area contributed by atoms with Crippen molar-refractivity contribution in [2.45, 2.75) is 71.5 Å². The molecule has 0 saturated carbocycles. The Morgan fingerprint density at radius 2 is 1.57 bits per heavy atom. The maximum absolute atomic E-state index is 10.9. The fourth-order valence-corrected chi connectivity index (χ4v) is 7.42. The number of nitrogens with one attached hydrogen (secondary N) is 1. The number of aryl methyl sites for hydroxylation is 1. The molecule has 0 fully saturated rings. The molecule has 3 aromatic carbocycles. The summed E-state index contributed by atoms with van der Waals surface area (Å²) in [5.74, 6) is 0.792. The largest absolute Gasteiger partial charge is 0.748 e. The molecule has 14 heteroatoms. The van der Waals surface area contributed by atoms with Crippen molar-refractivity contribution in [1.82, 2.24) is 10.2 Å². The molecule has 1 atom stereocenters. The average Bonchev–Trinajstić information content (AvgIpc) is 3.67. The van der Waals surface area contributed by atoms with Crippen LogP contribution in [0.5, 0.6) is 0 Å². The van der Waals surface area contributed by atoms with Crippen LogP contribution >= 0.6 is 23.8 Å². The van der Waals surface area contributed by atoms with Crippen LogP contribution in [-0.4, -0.2) is 62.8 Å². The fraction of sp³-hybridized carbons (Fsp3) is 0.378. The number of benzene rings is 3. The monoisotopic (exact) mass is 769 g/mol. The molecule has 5 rings (SSSR count). The van der Waals surface area contributed by atoms with Crippen molar-refractivity contribution < 1.29 is 26.4 Å². The minimum absolute atomic E-state index is 0.292. The number of unbranched alkanes of at least 4 members (excludes halogenated alkanes) is 1. The normalized spacial score (nSPS) is 12.7. The summed E-state index contributed by atoms with van der Waals surface area (Å²) < 4.78 is 45.9. The molecule has 0 saturated heterocycles. The summed E-state index contributed by atoms with van der Waals surface area (Å²) in [4.78, 5) is 4.84. The van der Waals surface area contributed by atoms with Crippen LogP contribution in [0, 0.1) is 4.84 Å². The fourth-order valence-electron chi connectivity index (χ4n) is 5.26. The molecule has 0 spiro atoms. The molecular weight excluding hydrogens is 722 g/mol. The average molecular weight is 770 g/mol. The Kier molecular flexibility index (Phi) is 13.5. The predicted molar refractivity (Wildman–Crippen MR) is 212 cm³/mol. The van der Waals surface area contributed by atoms with E-state index < -0.39 is 18.2 Å². The van der Waals surface area contributed by atoms with Crippen LogP contribution in [0.1, 0.15) is 45.1 Å². The molecule has 0 aliphatic carbocycles. The SMILES string of the molecule is CC(C)N(C)c1ccc(/C=C/c2oc3ccc(Cl)cc3[n+]2CCCCS(=O)(=O)[O-])cc1.CC(N(C)c1ccc(-c2n[nH]c(=S)o2)cc1)[Si](C)(C)C. The number of anilines is 2. The molecular formula is C37H48ClN5O5S2Si. The summed E-state index contributed by atoms with van der Waals surface area (Å²) in [6, 6.07) is 22.3. The zero-order valence-electron chi connectivity index (χ0n) is 30.5. The van der Waals surface area contributed by atoms with E-state index in [0.717, 1.165) is 22.3 Å². The van der Waals surface area contributed by atoms with Gasteiger partial charge in [-0.25, -0.2) is 13.5 Å². The lowest BCUT2D eigenvalue weighted by Crippen LogP contribution is -2.47. The van der Waals surface area contributed by atoms with Crippen molar-refractivity contribution in [2.24, 2.45) is 0 Å². The third-order valence-corrected chi connectivity index (χ3v) is 13.1. The van der Waals surface area contributed by atoms with Gasteiger partial charge in [0.05, 0.1) is 24.3 Å². The third-order valence-electron chi connectivity index (χ3n) is 9.01. The summed E-state index contributed by atoms with van der Waals surface area (Å²) >= 11 is 11.0. The van der Waals surface area contributed by atoms with E-state index in [1.165, 1.54) is 5.69 Å². The molecule has 1 N–H and O–H groups in total. The number of hydrogen-bond donors (Lipinski definition) is 1. The van der Waals surface area contributed by atoms with Crippen molar-refractivity contribution in [3.8, 4) is 11.5 Å². The van der Waals surface area contributed by atoms with E-state index in [1.807, 2.05) is 53.1 Å². The molecule has 10 nitrogen and oxygen atoms in total. The Hall–Kier alpha value is -3.75. The van der Waals surface area contributed by atoms with E-state index >= 15 is 0 Å². The second-order valence-corrected chi connectivity index (χ2v) is 21.8. The lowest BCUT2D eigenvalue weighted by molar-refractivity contribution is -0.678. The van der Waals surface area contributed by atoms with E-state index in [-0.39, 0.29) is 5.75 Å². The van der Waals surface area contributed by atoms with Gasteiger partial charge in [-0.1, -0.05) is 43.4 Å². The van der Waals surface area contributed by atoms with Crippen LogP contribution < -0.4 is 14.4 Å². The zero-order chi connectivity index (χ0) is 37.5. The van der Waals surface area contributed by atoms with Crippen LogP contribution in [0.2, 0.25) is 24.7 Å². The Bertz CT molecular complexity index is 2090. The Labute approximate surface area is 312 Å². The smallest absolute Gasteiger partial charge is 0.374 e. The number of rotatable bonds is 13. The van der Waals surface area contributed by atoms with Crippen LogP contribution in [0.25, 0.3) is 34.7 Å². The van der Waals surface area contributed by atoms with E-state index in [2.05, 4.69) is 98.8 Å². The number of halogens is 1. The first-order valence-electron chi connectivity index (χ1n) is 16.9. The first-order valence-corrected chi connectivity index (χ1v) is 22.8. The first-order chi connectivity index (χ1) is 23.9. The Balaban J connectivity index is 0.000000251. The highest BCUT2D eigenvalue weighted by atomic mass is 35.5. The number of hydrogen-bond acceptors (Lipinski definition) is 9. The van der Waals surface area contributed by atoms with Crippen LogP contribution in [0.4, 0.5) is 11.4 Å². The number of H-pyrrole nitrogens is 1. The van der Waals surface area contributed by atoms with Gasteiger partial charge in [-0.3, -0.25) is 0 Å². The molecule has 0 aliphatic rings. The van der Waals surface area contributed by atoms with Gasteiger partial charge in [-0.05, 0) is 99.6 Å². The molecule has 0 radical (unpaired) electrons. The van der Waals surface area contributed by atoms with Gasteiger partial charge in [0.15, 0.2) is 6.54 Å². The van der Waals surface area contributed by atoms with Gasteiger partial charge in [-0.2, -0.15) is 4.57 Å². The van der Waals surface area contributed by atoms with Crippen molar-refractivity contribution in [1.29, 1.82) is 0 Å². The molecule has 0 aliphatic heterocycles. The van der Waals surface area contributed by atoms with Gasteiger partial charge in [0.1, 0.15) is 0 Å². The molecule has 2 heterocycles. The molecule has 51 heavy (non-hydrogen) atoms. The van der Waals surface area contributed by atoms with Gasteiger partial charge in [0.25, 0.3) is 10.4 Å². The Morgan fingerprint density at radius 3 is 2.14 bits per heavy atom. The first kappa shape index (κ1) is 40.0. The van der Waals surface area contributed by atoms with Gasteiger partial charge in [-0.15, -0.1) is 5.10 Å². The van der Waals surface area contributed by atoms with Gasteiger partial charge >= 0.3 is 5.89 Å². The molecule has 0 bridgehead atoms. The minimum Gasteiger partial charge on any atom is -0.748 e. The molecule has 0 amide bonds. The van der Waals surface area contributed by atoms with E-state index in [9.17, 15) is 13.0 Å². The van der Waals surface area contributed by atoms with Crippen LogP contribution in [-0.2, 0) is 16.7 Å². The lowest BCUT2D eigenvalue weighted by atomic mass is 10.1. The van der Waals surface area contributed by atoms with E-state index in [0.29, 0.717) is 58.3 Å². The topological polar surface area (TPSA) is 123 Å². The molecule has 5 aromatic rings. The van der Waals surface area contributed by atoms with Gasteiger partial charge < -0.3 is 23.2 Å². The van der Waals surface area contributed by atoms with E-state index in [4.69, 9.17) is 32.7 Å². The highest BCUT2D eigenvalue weighted by Crippen LogP contribution is 2.25. The second kappa shape index (κ2) is 17.2. The summed E-state index contributed by atoms with van der Waals surface area (Å²) in [5.41, 5.74) is 6.40. The van der Waals surface area contributed by atoms with Crippen molar-refractivity contribution in [3.63, 3.8) is 0 Å².